The Labute approximate surface area is 117 Å². The summed E-state index contributed by atoms with van der Waals surface area (Å²) in [6, 6.07) is 7.41. The van der Waals surface area contributed by atoms with Crippen molar-refractivity contribution in [3.05, 3.63) is 35.9 Å². The zero-order valence-corrected chi connectivity index (χ0v) is 10.9. The molecule has 0 unspecified atom stereocenters. The lowest BCUT2D eigenvalue weighted by Gasteiger charge is -2.15. The Morgan fingerprint density at radius 1 is 1.25 bits per heavy atom. The van der Waals surface area contributed by atoms with Crippen LogP contribution in [0.1, 0.15) is 5.56 Å². The van der Waals surface area contributed by atoms with E-state index in [1.165, 1.54) is 0 Å². The first-order valence-corrected chi connectivity index (χ1v) is 5.89. The standard InChI is InChI=1S/C12H11ClF3NO3/c13-10(18)9(6-8-4-2-1-3-5-8)17-11(19)20-7-12(14,15)16/h1-5,9H,6-7H2,(H,17,19)/t9-/m0/s1. The molecule has 0 fully saturated rings. The number of benzene rings is 1. The highest BCUT2D eigenvalue weighted by molar-refractivity contribution is 6.64. The quantitative estimate of drug-likeness (QED) is 0.851. The molecule has 1 aromatic rings. The second kappa shape index (κ2) is 7.14. The normalized spacial score (nSPS) is 12.6. The van der Waals surface area contributed by atoms with Gasteiger partial charge in [0, 0.05) is 6.42 Å². The van der Waals surface area contributed by atoms with Gasteiger partial charge >= 0.3 is 12.3 Å². The van der Waals surface area contributed by atoms with E-state index in [1.54, 1.807) is 30.3 Å². The summed E-state index contributed by atoms with van der Waals surface area (Å²) >= 11 is 5.30. The van der Waals surface area contributed by atoms with Crippen LogP contribution in [0.5, 0.6) is 0 Å². The van der Waals surface area contributed by atoms with Gasteiger partial charge in [0.25, 0.3) is 0 Å². The number of halogens is 4. The van der Waals surface area contributed by atoms with Gasteiger partial charge in [0.15, 0.2) is 6.61 Å². The minimum absolute atomic E-state index is 0.0598. The Morgan fingerprint density at radius 3 is 2.35 bits per heavy atom. The fourth-order valence-electron chi connectivity index (χ4n) is 1.37. The Balaban J connectivity index is 2.55. The minimum atomic E-state index is -4.63. The van der Waals surface area contributed by atoms with E-state index in [0.29, 0.717) is 5.56 Å². The highest BCUT2D eigenvalue weighted by Crippen LogP contribution is 2.14. The summed E-state index contributed by atoms with van der Waals surface area (Å²) in [4.78, 5) is 22.3. The van der Waals surface area contributed by atoms with E-state index in [1.807, 2.05) is 5.32 Å². The minimum Gasteiger partial charge on any atom is -0.440 e. The number of carbonyl (C=O) groups is 2. The van der Waals surface area contributed by atoms with Gasteiger partial charge in [-0.2, -0.15) is 13.2 Å². The van der Waals surface area contributed by atoms with E-state index in [9.17, 15) is 22.8 Å². The molecule has 110 valence electrons. The molecule has 0 radical (unpaired) electrons. The monoisotopic (exact) mass is 309 g/mol. The van der Waals surface area contributed by atoms with Crippen LogP contribution in [0.25, 0.3) is 0 Å². The van der Waals surface area contributed by atoms with E-state index in [-0.39, 0.29) is 6.42 Å². The molecule has 1 amide bonds. The predicted octanol–water partition coefficient (Wildman–Crippen LogP) is 2.65. The molecule has 0 saturated heterocycles. The van der Waals surface area contributed by atoms with Crippen LogP contribution in [0.2, 0.25) is 0 Å². The second-order valence-electron chi connectivity index (χ2n) is 3.88. The number of hydrogen-bond acceptors (Lipinski definition) is 3. The topological polar surface area (TPSA) is 55.4 Å². The summed E-state index contributed by atoms with van der Waals surface area (Å²) in [5.74, 6) is 0. The van der Waals surface area contributed by atoms with Gasteiger partial charge in [0.2, 0.25) is 5.24 Å². The van der Waals surface area contributed by atoms with Crippen LogP contribution >= 0.6 is 11.6 Å². The summed E-state index contributed by atoms with van der Waals surface area (Å²) < 4.78 is 39.5. The molecule has 20 heavy (non-hydrogen) atoms. The number of alkyl halides is 3. The summed E-state index contributed by atoms with van der Waals surface area (Å²) in [5.41, 5.74) is 0.697. The Hall–Kier alpha value is -1.76. The van der Waals surface area contributed by atoms with Crippen molar-refractivity contribution in [3.8, 4) is 0 Å². The number of alkyl carbamates (subject to hydrolysis) is 1. The molecule has 8 heteroatoms. The van der Waals surface area contributed by atoms with E-state index < -0.39 is 30.2 Å². The van der Waals surface area contributed by atoms with Gasteiger partial charge in [0.05, 0.1) is 0 Å². The third-order valence-corrected chi connectivity index (χ3v) is 2.48. The maximum Gasteiger partial charge on any atom is 0.422 e. The van der Waals surface area contributed by atoms with Crippen molar-refractivity contribution < 1.29 is 27.5 Å². The first-order valence-electron chi connectivity index (χ1n) is 5.51. The molecule has 4 nitrogen and oxygen atoms in total. The van der Waals surface area contributed by atoms with Crippen molar-refractivity contribution in [2.75, 3.05) is 6.61 Å². The van der Waals surface area contributed by atoms with Gasteiger partial charge in [0.1, 0.15) is 6.04 Å². The van der Waals surface area contributed by atoms with E-state index in [4.69, 9.17) is 11.6 Å². The lowest BCUT2D eigenvalue weighted by molar-refractivity contribution is -0.160. The number of amides is 1. The average molecular weight is 310 g/mol. The lowest BCUT2D eigenvalue weighted by Crippen LogP contribution is -2.41. The molecule has 1 aromatic carbocycles. The molecular weight excluding hydrogens is 299 g/mol. The van der Waals surface area contributed by atoms with Gasteiger partial charge in [-0.3, -0.25) is 4.79 Å². The average Bonchev–Trinajstić information content (AvgIpc) is 2.36. The largest absolute Gasteiger partial charge is 0.440 e. The first kappa shape index (κ1) is 16.3. The van der Waals surface area contributed by atoms with E-state index >= 15 is 0 Å². The maximum atomic E-state index is 11.9. The fraction of sp³-hybridized carbons (Fsp3) is 0.333. The molecule has 0 saturated carbocycles. The molecular formula is C12H11ClF3NO3. The lowest BCUT2D eigenvalue weighted by atomic mass is 10.1. The summed E-state index contributed by atoms with van der Waals surface area (Å²) in [5, 5.41) is 1.10. The van der Waals surface area contributed by atoms with Crippen LogP contribution in [0.3, 0.4) is 0 Å². The number of carbonyl (C=O) groups excluding carboxylic acids is 2. The van der Waals surface area contributed by atoms with E-state index in [2.05, 4.69) is 4.74 Å². The molecule has 0 bridgehead atoms. The summed E-state index contributed by atoms with van der Waals surface area (Å²) in [6.45, 7) is -1.73. The molecule has 0 aliphatic heterocycles. The molecule has 0 aromatic heterocycles. The number of nitrogens with one attached hydrogen (secondary N) is 1. The number of ether oxygens (including phenoxy) is 1. The van der Waals surface area contributed by atoms with Gasteiger partial charge in [-0.15, -0.1) is 0 Å². The molecule has 1 N–H and O–H groups in total. The Bertz CT molecular complexity index is 465. The van der Waals surface area contributed by atoms with Crippen LogP contribution in [0, 0.1) is 0 Å². The van der Waals surface area contributed by atoms with Crippen molar-refractivity contribution in [1.29, 1.82) is 0 Å². The third kappa shape index (κ3) is 6.42. The van der Waals surface area contributed by atoms with Gasteiger partial charge in [-0.1, -0.05) is 30.3 Å². The molecule has 0 aliphatic rings. The van der Waals surface area contributed by atoms with Crippen molar-refractivity contribution in [2.24, 2.45) is 0 Å². The SMILES string of the molecule is O=C(N[C@@H](Cc1ccccc1)C(=O)Cl)OCC(F)(F)F. The predicted molar refractivity (Wildman–Crippen MR) is 65.3 cm³/mol. The van der Waals surface area contributed by atoms with Crippen LogP contribution in [-0.2, 0) is 16.0 Å². The van der Waals surface area contributed by atoms with E-state index in [0.717, 1.165) is 0 Å². The maximum absolute atomic E-state index is 11.9. The second-order valence-corrected chi connectivity index (χ2v) is 4.25. The first-order chi connectivity index (χ1) is 9.28. The number of hydrogen-bond donors (Lipinski definition) is 1. The van der Waals surface area contributed by atoms with Crippen molar-refractivity contribution in [2.45, 2.75) is 18.6 Å². The van der Waals surface area contributed by atoms with Crippen LogP contribution < -0.4 is 5.32 Å². The van der Waals surface area contributed by atoms with Crippen LogP contribution in [-0.4, -0.2) is 30.2 Å². The van der Waals surface area contributed by atoms with Gasteiger partial charge in [-0.25, -0.2) is 4.79 Å². The highest BCUT2D eigenvalue weighted by atomic mass is 35.5. The highest BCUT2D eigenvalue weighted by Gasteiger charge is 2.30. The van der Waals surface area contributed by atoms with Gasteiger partial charge < -0.3 is 10.1 Å². The zero-order valence-electron chi connectivity index (χ0n) is 10.1. The third-order valence-electron chi connectivity index (χ3n) is 2.22. The molecule has 0 heterocycles. The summed E-state index contributed by atoms with van der Waals surface area (Å²) in [7, 11) is 0. The number of rotatable bonds is 5. The van der Waals surface area contributed by atoms with Crippen molar-refractivity contribution in [3.63, 3.8) is 0 Å². The van der Waals surface area contributed by atoms with Crippen molar-refractivity contribution in [1.82, 2.24) is 5.32 Å². The molecule has 0 aliphatic carbocycles. The van der Waals surface area contributed by atoms with Crippen molar-refractivity contribution >= 4 is 22.9 Å². The molecule has 1 atom stereocenters. The smallest absolute Gasteiger partial charge is 0.422 e. The molecule has 1 rings (SSSR count). The van der Waals surface area contributed by atoms with Crippen LogP contribution in [0.15, 0.2) is 30.3 Å². The van der Waals surface area contributed by atoms with Crippen LogP contribution in [0.4, 0.5) is 18.0 Å². The Kier molecular flexibility index (Phi) is 5.82. The summed E-state index contributed by atoms with van der Waals surface area (Å²) in [6.07, 6.45) is -5.92. The fourth-order valence-corrected chi connectivity index (χ4v) is 1.50. The molecule has 0 spiro atoms. The Morgan fingerprint density at radius 2 is 1.85 bits per heavy atom. The zero-order chi connectivity index (χ0) is 15.2. The van der Waals surface area contributed by atoms with Gasteiger partial charge in [-0.05, 0) is 17.2 Å².